The first kappa shape index (κ1) is 28.9. The number of methoxy groups -OCH3 is 2. The lowest BCUT2D eigenvalue weighted by molar-refractivity contribution is 0.0309. The molecule has 38 heavy (non-hydrogen) atoms. The molecule has 2 amide bonds. The van der Waals surface area contributed by atoms with Gasteiger partial charge < -0.3 is 23.7 Å². The molecule has 0 saturated heterocycles. The van der Waals surface area contributed by atoms with Crippen molar-refractivity contribution in [2.24, 2.45) is 5.41 Å². The molecule has 1 heterocycles. The van der Waals surface area contributed by atoms with Gasteiger partial charge >= 0.3 is 6.09 Å². The van der Waals surface area contributed by atoms with Crippen LogP contribution in [0.15, 0.2) is 24.3 Å². The van der Waals surface area contributed by atoms with E-state index < -0.39 is 12.0 Å². The van der Waals surface area contributed by atoms with Gasteiger partial charge in [0, 0.05) is 16.7 Å². The highest BCUT2D eigenvalue weighted by Crippen LogP contribution is 2.40. The lowest BCUT2D eigenvalue weighted by Gasteiger charge is -2.39. The first-order valence-electron chi connectivity index (χ1n) is 13.0. The van der Waals surface area contributed by atoms with Crippen molar-refractivity contribution in [3.63, 3.8) is 0 Å². The topological polar surface area (TPSA) is 95.6 Å². The van der Waals surface area contributed by atoms with Gasteiger partial charge in [-0.05, 0) is 49.4 Å². The van der Waals surface area contributed by atoms with Gasteiger partial charge in [0.05, 0.1) is 20.3 Å². The minimum atomic E-state index is -0.777. The van der Waals surface area contributed by atoms with Crippen molar-refractivity contribution < 1.29 is 33.3 Å². The Balaban J connectivity index is 1.98. The molecule has 0 radical (unpaired) electrons. The van der Waals surface area contributed by atoms with Crippen LogP contribution in [-0.2, 0) is 6.42 Å². The van der Waals surface area contributed by atoms with Crippen molar-refractivity contribution in [1.29, 1.82) is 0 Å². The molecule has 208 valence electrons. The molecule has 1 aliphatic rings. The fourth-order valence-corrected chi connectivity index (χ4v) is 4.65. The Kier molecular flexibility index (Phi) is 9.36. The minimum Gasteiger partial charge on any atom is -0.496 e. The molecule has 3 rings (SSSR count). The van der Waals surface area contributed by atoms with E-state index in [4.69, 9.17) is 23.7 Å². The molecule has 2 aromatic rings. The van der Waals surface area contributed by atoms with E-state index in [1.54, 1.807) is 24.3 Å². The van der Waals surface area contributed by atoms with Crippen LogP contribution in [0.1, 0.15) is 68.9 Å². The summed E-state index contributed by atoms with van der Waals surface area (Å²) < 4.78 is 28.1. The number of hydrazine groups is 1. The zero-order valence-electron chi connectivity index (χ0n) is 23.7. The number of carbonyl (C=O) groups is 2. The number of hydrogen-bond donors (Lipinski definition) is 1. The third-order valence-corrected chi connectivity index (χ3v) is 6.63. The van der Waals surface area contributed by atoms with Crippen LogP contribution in [0.3, 0.4) is 0 Å². The fourth-order valence-electron chi connectivity index (χ4n) is 4.65. The monoisotopic (exact) mass is 528 g/mol. The molecule has 1 aliphatic heterocycles. The average molecular weight is 529 g/mol. The number of nitrogens with one attached hydrogen (secondary N) is 1. The highest BCUT2D eigenvalue weighted by Gasteiger charge is 2.36. The smallest absolute Gasteiger partial charge is 0.431 e. The van der Waals surface area contributed by atoms with Gasteiger partial charge in [-0.2, -0.15) is 0 Å². The average Bonchev–Trinajstić information content (AvgIpc) is 2.89. The van der Waals surface area contributed by atoms with Gasteiger partial charge in [0.15, 0.2) is 11.5 Å². The SMILES string of the molecule is CCCC(N(NC(=O)Oc1ccc2c(c1CC)OCCO2)C(=O)c1cc(OC)c(C)c(OC)c1)C(C)(C)C. The van der Waals surface area contributed by atoms with Gasteiger partial charge in [0.25, 0.3) is 5.91 Å². The summed E-state index contributed by atoms with van der Waals surface area (Å²) in [6.07, 6.45) is 1.27. The van der Waals surface area contributed by atoms with E-state index in [1.807, 2.05) is 41.5 Å². The molecule has 2 aromatic carbocycles. The molecule has 0 fully saturated rings. The van der Waals surface area contributed by atoms with Crippen LogP contribution in [0.25, 0.3) is 0 Å². The van der Waals surface area contributed by atoms with Gasteiger partial charge in [-0.1, -0.05) is 41.0 Å². The minimum absolute atomic E-state index is 0.322. The van der Waals surface area contributed by atoms with Gasteiger partial charge in [0.2, 0.25) is 0 Å². The van der Waals surface area contributed by atoms with Gasteiger partial charge in [-0.25, -0.2) is 15.2 Å². The fraction of sp³-hybridized carbons (Fsp3) is 0.517. The quantitative estimate of drug-likeness (QED) is 0.439. The Hall–Kier alpha value is -3.62. The van der Waals surface area contributed by atoms with Crippen LogP contribution in [0.5, 0.6) is 28.7 Å². The predicted octanol–water partition coefficient (Wildman–Crippen LogP) is 5.71. The zero-order chi connectivity index (χ0) is 28.0. The second kappa shape index (κ2) is 12.3. The molecule has 9 nitrogen and oxygen atoms in total. The van der Waals surface area contributed by atoms with Crippen LogP contribution in [0, 0.1) is 12.3 Å². The van der Waals surface area contributed by atoms with Crippen molar-refractivity contribution in [1.82, 2.24) is 10.4 Å². The van der Waals surface area contributed by atoms with E-state index in [0.29, 0.717) is 60.4 Å². The highest BCUT2D eigenvalue weighted by atomic mass is 16.6. The second-order valence-electron chi connectivity index (χ2n) is 10.3. The van der Waals surface area contributed by atoms with Crippen LogP contribution in [0.4, 0.5) is 4.79 Å². The lowest BCUT2D eigenvalue weighted by Crippen LogP contribution is -2.56. The third-order valence-electron chi connectivity index (χ3n) is 6.63. The number of rotatable bonds is 8. The maximum absolute atomic E-state index is 14.0. The molecular formula is C29H40N2O7. The van der Waals surface area contributed by atoms with E-state index in [-0.39, 0.29) is 11.5 Å². The molecule has 0 spiro atoms. The highest BCUT2D eigenvalue weighted by molar-refractivity contribution is 5.96. The number of ether oxygens (including phenoxy) is 5. The van der Waals surface area contributed by atoms with Crippen LogP contribution in [-0.4, -0.2) is 50.5 Å². The molecule has 0 aromatic heterocycles. The summed E-state index contributed by atoms with van der Waals surface area (Å²) in [5, 5.41) is 1.37. The van der Waals surface area contributed by atoms with E-state index in [1.165, 1.54) is 19.2 Å². The van der Waals surface area contributed by atoms with Crippen molar-refractivity contribution in [3.8, 4) is 28.7 Å². The summed E-state index contributed by atoms with van der Waals surface area (Å²) in [6, 6.07) is 6.39. The summed E-state index contributed by atoms with van der Waals surface area (Å²) in [5.41, 5.74) is 4.23. The number of benzene rings is 2. The van der Waals surface area contributed by atoms with Gasteiger partial charge in [-0.15, -0.1) is 0 Å². The molecule has 1 N–H and O–H groups in total. The molecule has 1 unspecified atom stereocenters. The lowest BCUT2D eigenvalue weighted by atomic mass is 9.83. The van der Waals surface area contributed by atoms with Crippen LogP contribution >= 0.6 is 0 Å². The van der Waals surface area contributed by atoms with Gasteiger partial charge in [-0.3, -0.25) is 4.79 Å². The largest absolute Gasteiger partial charge is 0.496 e. The number of carbonyl (C=O) groups excluding carboxylic acids is 2. The predicted molar refractivity (Wildman–Crippen MR) is 145 cm³/mol. The maximum Gasteiger partial charge on any atom is 0.431 e. The van der Waals surface area contributed by atoms with E-state index in [2.05, 4.69) is 5.43 Å². The molecule has 0 saturated carbocycles. The zero-order valence-corrected chi connectivity index (χ0v) is 23.7. The Morgan fingerprint density at radius 2 is 1.66 bits per heavy atom. The standard InChI is InChI=1S/C29H40N2O7/c1-9-11-25(29(4,5)6)31(27(32)19-16-23(34-7)18(3)24(17-19)35-8)30-28(33)38-21-12-13-22-26(20(21)10-2)37-15-14-36-22/h12-13,16-17,25H,9-11,14-15H2,1-8H3,(H,30,33). The summed E-state index contributed by atoms with van der Waals surface area (Å²) >= 11 is 0. The van der Waals surface area contributed by atoms with E-state index in [0.717, 1.165) is 17.5 Å². The van der Waals surface area contributed by atoms with Crippen molar-refractivity contribution in [2.75, 3.05) is 27.4 Å². The molecular weight excluding hydrogens is 488 g/mol. The first-order chi connectivity index (χ1) is 18.0. The Morgan fingerprint density at radius 1 is 1.03 bits per heavy atom. The van der Waals surface area contributed by atoms with Crippen molar-refractivity contribution >= 4 is 12.0 Å². The number of fused-ring (bicyclic) bond motifs is 1. The first-order valence-corrected chi connectivity index (χ1v) is 13.0. The molecule has 0 bridgehead atoms. The summed E-state index contributed by atoms with van der Waals surface area (Å²) in [4.78, 5) is 27.2. The number of hydrogen-bond acceptors (Lipinski definition) is 7. The van der Waals surface area contributed by atoms with Gasteiger partial charge in [0.1, 0.15) is 30.5 Å². The van der Waals surface area contributed by atoms with Crippen LogP contribution in [0.2, 0.25) is 0 Å². The summed E-state index contributed by atoms with van der Waals surface area (Å²) in [7, 11) is 3.08. The summed E-state index contributed by atoms with van der Waals surface area (Å²) in [5.74, 6) is 2.18. The Bertz CT molecular complexity index is 1130. The summed E-state index contributed by atoms with van der Waals surface area (Å²) in [6.45, 7) is 12.8. The van der Waals surface area contributed by atoms with Crippen LogP contribution < -0.4 is 29.1 Å². The van der Waals surface area contributed by atoms with E-state index in [9.17, 15) is 9.59 Å². The Labute approximate surface area is 225 Å². The molecule has 9 heteroatoms. The third kappa shape index (κ3) is 6.26. The second-order valence-corrected chi connectivity index (χ2v) is 10.3. The molecule has 1 atom stereocenters. The van der Waals surface area contributed by atoms with E-state index >= 15 is 0 Å². The molecule has 0 aliphatic carbocycles. The maximum atomic E-state index is 14.0. The number of amides is 2. The normalized spacial score (nSPS) is 13.4. The van der Waals surface area contributed by atoms with Crippen molar-refractivity contribution in [2.45, 2.75) is 66.8 Å². The Morgan fingerprint density at radius 3 is 2.21 bits per heavy atom. The number of nitrogens with zero attached hydrogens (tertiary/aromatic N) is 1. The van der Waals surface area contributed by atoms with Crippen molar-refractivity contribution in [3.05, 3.63) is 41.0 Å².